The van der Waals surface area contributed by atoms with Crippen molar-refractivity contribution in [3.63, 3.8) is 0 Å². The fourth-order valence-corrected chi connectivity index (χ4v) is 3.99. The van der Waals surface area contributed by atoms with Crippen molar-refractivity contribution in [3.05, 3.63) is 27.7 Å². The second-order valence-electron chi connectivity index (χ2n) is 5.78. The summed E-state index contributed by atoms with van der Waals surface area (Å²) in [6, 6.07) is 0. The summed E-state index contributed by atoms with van der Waals surface area (Å²) in [5.74, 6) is 1.07. The molecule has 0 bridgehead atoms. The highest BCUT2D eigenvalue weighted by Gasteiger charge is 2.19. The van der Waals surface area contributed by atoms with Gasteiger partial charge in [0.15, 0.2) is 11.1 Å². The third-order valence-electron chi connectivity index (χ3n) is 3.83. The highest BCUT2D eigenvalue weighted by Crippen LogP contribution is 2.20. The van der Waals surface area contributed by atoms with Crippen LogP contribution in [0.25, 0.3) is 0 Å². The fourth-order valence-electron chi connectivity index (χ4n) is 2.41. The van der Waals surface area contributed by atoms with E-state index in [0.717, 1.165) is 42.0 Å². The van der Waals surface area contributed by atoms with Crippen molar-refractivity contribution in [1.29, 1.82) is 0 Å². The monoisotopic (exact) mass is 350 g/mol. The topological polar surface area (TPSA) is 70.6 Å². The Morgan fingerprint density at radius 2 is 2.09 bits per heavy atom. The molecule has 0 spiro atoms. The lowest BCUT2D eigenvalue weighted by atomic mass is 10.2. The van der Waals surface area contributed by atoms with E-state index in [1.54, 1.807) is 22.7 Å². The molecule has 2 aromatic rings. The van der Waals surface area contributed by atoms with Crippen LogP contribution < -0.4 is 10.6 Å². The minimum atomic E-state index is 0.459. The van der Waals surface area contributed by atoms with Gasteiger partial charge in [0.2, 0.25) is 0 Å². The molecule has 3 heterocycles. The number of aromatic nitrogens is 2. The van der Waals surface area contributed by atoms with Gasteiger partial charge < -0.3 is 15.5 Å². The number of nitrogens with two attached hydrogens (primary N) is 1. The van der Waals surface area contributed by atoms with E-state index in [1.807, 2.05) is 11.6 Å². The minimum absolute atomic E-state index is 0.459. The second-order valence-corrected chi connectivity index (χ2v) is 7.60. The van der Waals surface area contributed by atoms with Gasteiger partial charge in [-0.25, -0.2) is 15.0 Å². The smallest absolute Gasteiger partial charge is 0.191 e. The lowest BCUT2D eigenvalue weighted by Crippen LogP contribution is -2.51. The van der Waals surface area contributed by atoms with Crippen LogP contribution in [0, 0.1) is 0 Å². The molecular formula is C15H22N6S2. The van der Waals surface area contributed by atoms with Crippen LogP contribution >= 0.6 is 22.7 Å². The van der Waals surface area contributed by atoms with Crippen LogP contribution in [0.15, 0.2) is 21.9 Å². The molecule has 0 saturated carbocycles. The normalized spacial score (nSPS) is 16.4. The first-order valence-electron chi connectivity index (χ1n) is 7.77. The number of guanidine groups is 1. The molecule has 1 aliphatic heterocycles. The third kappa shape index (κ3) is 4.00. The molecule has 0 amide bonds. The predicted molar refractivity (Wildman–Crippen MR) is 97.4 cm³/mol. The maximum Gasteiger partial charge on any atom is 0.191 e. The third-order valence-corrected chi connectivity index (χ3v) is 5.51. The lowest BCUT2D eigenvalue weighted by molar-refractivity contribution is 0.380. The van der Waals surface area contributed by atoms with Gasteiger partial charge in [-0.3, -0.25) is 0 Å². The second kappa shape index (κ2) is 7.27. The van der Waals surface area contributed by atoms with Crippen molar-refractivity contribution in [2.24, 2.45) is 10.7 Å². The molecule has 0 atom stereocenters. The fraction of sp³-hybridized carbons (Fsp3) is 0.533. The molecule has 1 aliphatic rings. The van der Waals surface area contributed by atoms with E-state index in [1.165, 1.54) is 0 Å². The Morgan fingerprint density at radius 3 is 2.70 bits per heavy atom. The minimum Gasteiger partial charge on any atom is -0.370 e. The summed E-state index contributed by atoms with van der Waals surface area (Å²) >= 11 is 3.34. The Kier molecular flexibility index (Phi) is 5.12. The lowest BCUT2D eigenvalue weighted by Gasteiger charge is -2.35. The highest BCUT2D eigenvalue weighted by molar-refractivity contribution is 7.13. The summed E-state index contributed by atoms with van der Waals surface area (Å²) in [5.41, 5.74) is 7.28. The number of piperazine rings is 1. The van der Waals surface area contributed by atoms with Crippen LogP contribution in [0.2, 0.25) is 0 Å². The van der Waals surface area contributed by atoms with Crippen LogP contribution in [0.5, 0.6) is 0 Å². The summed E-state index contributed by atoms with van der Waals surface area (Å²) in [6.45, 7) is 8.48. The molecule has 1 saturated heterocycles. The molecule has 0 aromatic carbocycles. The van der Waals surface area contributed by atoms with Crippen LogP contribution in [-0.4, -0.2) is 47.0 Å². The van der Waals surface area contributed by atoms with Crippen LogP contribution in [-0.2, 0) is 6.54 Å². The molecule has 23 heavy (non-hydrogen) atoms. The van der Waals surface area contributed by atoms with Gasteiger partial charge in [-0.2, -0.15) is 0 Å². The Hall–Kier alpha value is -1.67. The number of nitrogens with zero attached hydrogens (tertiary/aromatic N) is 5. The SMILES string of the molecule is CC(C)c1csc(CN=C(N)N2CCN(c3nccs3)CC2)n1. The van der Waals surface area contributed by atoms with E-state index >= 15 is 0 Å². The van der Waals surface area contributed by atoms with E-state index in [-0.39, 0.29) is 0 Å². The van der Waals surface area contributed by atoms with Crippen molar-refractivity contribution in [1.82, 2.24) is 14.9 Å². The molecular weight excluding hydrogens is 328 g/mol. The van der Waals surface area contributed by atoms with Gasteiger partial charge in [-0.1, -0.05) is 13.8 Å². The van der Waals surface area contributed by atoms with Gasteiger partial charge in [0.25, 0.3) is 0 Å². The summed E-state index contributed by atoms with van der Waals surface area (Å²) in [5, 5.41) is 6.23. The number of anilines is 1. The van der Waals surface area contributed by atoms with Gasteiger partial charge in [-0.05, 0) is 5.92 Å². The molecule has 1 fully saturated rings. The maximum atomic E-state index is 6.15. The van der Waals surface area contributed by atoms with Crippen molar-refractivity contribution in [2.75, 3.05) is 31.1 Å². The predicted octanol–water partition coefficient (Wildman–Crippen LogP) is 2.36. The first-order chi connectivity index (χ1) is 11.1. The van der Waals surface area contributed by atoms with Gasteiger partial charge >= 0.3 is 0 Å². The largest absolute Gasteiger partial charge is 0.370 e. The van der Waals surface area contributed by atoms with Gasteiger partial charge in [0.05, 0.1) is 12.2 Å². The number of rotatable bonds is 4. The summed E-state index contributed by atoms with van der Waals surface area (Å²) in [4.78, 5) is 17.9. The average molecular weight is 351 g/mol. The zero-order valence-corrected chi connectivity index (χ0v) is 15.1. The van der Waals surface area contributed by atoms with Crippen LogP contribution in [0.4, 0.5) is 5.13 Å². The molecule has 2 N–H and O–H groups in total. The summed E-state index contributed by atoms with van der Waals surface area (Å²) < 4.78 is 0. The summed E-state index contributed by atoms with van der Waals surface area (Å²) in [7, 11) is 0. The number of hydrogen-bond acceptors (Lipinski definition) is 6. The van der Waals surface area contributed by atoms with Crippen molar-refractivity contribution < 1.29 is 0 Å². The van der Waals surface area contributed by atoms with Crippen LogP contribution in [0.3, 0.4) is 0 Å². The molecule has 3 rings (SSSR count). The Balaban J connectivity index is 1.53. The molecule has 0 radical (unpaired) electrons. The van der Waals surface area contributed by atoms with Crippen molar-refractivity contribution in [2.45, 2.75) is 26.3 Å². The van der Waals surface area contributed by atoms with E-state index < -0.39 is 0 Å². The highest BCUT2D eigenvalue weighted by atomic mass is 32.1. The number of hydrogen-bond donors (Lipinski definition) is 1. The van der Waals surface area contributed by atoms with E-state index in [4.69, 9.17) is 5.73 Å². The molecule has 2 aromatic heterocycles. The number of thiazole rings is 2. The van der Waals surface area contributed by atoms with E-state index in [0.29, 0.717) is 18.4 Å². The van der Waals surface area contributed by atoms with Crippen LogP contribution in [0.1, 0.15) is 30.5 Å². The van der Waals surface area contributed by atoms with E-state index in [9.17, 15) is 0 Å². The van der Waals surface area contributed by atoms with Gasteiger partial charge in [-0.15, -0.1) is 22.7 Å². The van der Waals surface area contributed by atoms with E-state index in [2.05, 4.69) is 44.0 Å². The molecule has 6 nitrogen and oxygen atoms in total. The first-order valence-corrected chi connectivity index (χ1v) is 9.53. The first kappa shape index (κ1) is 16.2. The molecule has 0 aliphatic carbocycles. The zero-order chi connectivity index (χ0) is 16.2. The molecule has 0 unspecified atom stereocenters. The Bertz CT molecular complexity index is 641. The van der Waals surface area contributed by atoms with Gasteiger partial charge in [0, 0.05) is 43.1 Å². The van der Waals surface area contributed by atoms with Crippen molar-refractivity contribution >= 4 is 33.8 Å². The standard InChI is InChI=1S/C15H22N6S2/c1-11(2)12-10-23-13(19-12)9-18-14(16)20-4-6-21(7-5-20)15-17-3-8-22-15/h3,8,10-11H,4-7,9H2,1-2H3,(H2,16,18). The number of aliphatic imine (C=N–C) groups is 1. The summed E-state index contributed by atoms with van der Waals surface area (Å²) in [6.07, 6.45) is 1.85. The zero-order valence-electron chi connectivity index (χ0n) is 13.5. The quantitative estimate of drug-likeness (QED) is 0.677. The Labute approximate surface area is 144 Å². The Morgan fingerprint density at radius 1 is 1.30 bits per heavy atom. The maximum absolute atomic E-state index is 6.15. The molecule has 8 heteroatoms. The van der Waals surface area contributed by atoms with Crippen molar-refractivity contribution in [3.8, 4) is 0 Å². The molecule has 124 valence electrons. The van der Waals surface area contributed by atoms with Gasteiger partial charge in [0.1, 0.15) is 5.01 Å². The average Bonchev–Trinajstić information content (AvgIpc) is 3.24.